The van der Waals surface area contributed by atoms with Crippen LogP contribution in [0.5, 0.6) is 28.7 Å². The molecule has 2 aliphatic rings. The lowest BCUT2D eigenvalue weighted by atomic mass is 9.82. The quantitative estimate of drug-likeness (QED) is 0.520. The molecule has 35 heavy (non-hydrogen) atoms. The minimum Gasteiger partial charge on any atom is -0.493 e. The number of methoxy groups -OCH3 is 3. The highest BCUT2D eigenvalue weighted by atomic mass is 32.2. The van der Waals surface area contributed by atoms with Gasteiger partial charge in [-0.25, -0.2) is 0 Å². The number of carbonyl (C=O) groups excluding carboxylic acids is 1. The number of thioether (sulfide) groups is 1. The van der Waals surface area contributed by atoms with Crippen LogP contribution in [0.15, 0.2) is 30.3 Å². The van der Waals surface area contributed by atoms with Gasteiger partial charge in [-0.15, -0.1) is 11.8 Å². The van der Waals surface area contributed by atoms with Crippen molar-refractivity contribution < 1.29 is 38.3 Å². The maximum Gasteiger partial charge on any atom is 0.312 e. The standard InChI is InChI=1S/C26H32O8S/c1-26(2,3)35-24(14-7-8-17-18(9-14)34-13-33-17)16-12-32-25(28)21(16)22(27)15-10-19(29-4)23(31-6)20(11-15)30-5/h7-11,16,21-22,24,27H,12-13H2,1-6H3. The Hall–Kier alpha value is -2.78. The smallest absolute Gasteiger partial charge is 0.312 e. The molecule has 0 aliphatic carbocycles. The van der Waals surface area contributed by atoms with Crippen LogP contribution < -0.4 is 23.7 Å². The lowest BCUT2D eigenvalue weighted by molar-refractivity contribution is -0.144. The van der Waals surface area contributed by atoms with Crippen molar-refractivity contribution in [2.45, 2.75) is 36.9 Å². The average molecular weight is 505 g/mol. The molecule has 2 heterocycles. The van der Waals surface area contributed by atoms with E-state index in [2.05, 4.69) is 20.8 Å². The van der Waals surface area contributed by atoms with E-state index in [1.807, 2.05) is 18.2 Å². The summed E-state index contributed by atoms with van der Waals surface area (Å²) in [5.74, 6) is 1.08. The Balaban J connectivity index is 1.73. The van der Waals surface area contributed by atoms with Crippen LogP contribution >= 0.6 is 11.8 Å². The maximum absolute atomic E-state index is 13.0. The number of fused-ring (bicyclic) bond motifs is 1. The molecule has 4 atom stereocenters. The van der Waals surface area contributed by atoms with Crippen molar-refractivity contribution in [1.82, 2.24) is 0 Å². The summed E-state index contributed by atoms with van der Waals surface area (Å²) in [5.41, 5.74) is 1.47. The molecule has 0 aromatic heterocycles. The minimum absolute atomic E-state index is 0.116. The van der Waals surface area contributed by atoms with E-state index >= 15 is 0 Å². The van der Waals surface area contributed by atoms with Gasteiger partial charge in [-0.05, 0) is 35.4 Å². The van der Waals surface area contributed by atoms with Gasteiger partial charge in [0.25, 0.3) is 0 Å². The van der Waals surface area contributed by atoms with Gasteiger partial charge >= 0.3 is 5.97 Å². The van der Waals surface area contributed by atoms with Crippen LogP contribution in [0.1, 0.15) is 43.3 Å². The molecular weight excluding hydrogens is 472 g/mol. The summed E-state index contributed by atoms with van der Waals surface area (Å²) < 4.78 is 32.8. The Bertz CT molecular complexity index is 1050. The monoisotopic (exact) mass is 504 g/mol. The molecule has 0 radical (unpaired) electrons. The Morgan fingerprint density at radius 1 is 0.943 bits per heavy atom. The fourth-order valence-corrected chi connectivity index (χ4v) is 6.01. The lowest BCUT2D eigenvalue weighted by Gasteiger charge is -2.33. The number of cyclic esters (lactones) is 1. The van der Waals surface area contributed by atoms with Gasteiger partial charge in [-0.3, -0.25) is 4.79 Å². The number of ether oxygens (including phenoxy) is 6. The number of esters is 1. The minimum atomic E-state index is -1.14. The number of rotatable bonds is 8. The number of aliphatic hydroxyl groups excluding tert-OH is 1. The van der Waals surface area contributed by atoms with E-state index in [0.717, 1.165) is 5.56 Å². The maximum atomic E-state index is 13.0. The first kappa shape index (κ1) is 25.3. The summed E-state index contributed by atoms with van der Waals surface area (Å²) in [4.78, 5) is 13.0. The van der Waals surface area contributed by atoms with Crippen LogP contribution in [0.2, 0.25) is 0 Å². The zero-order chi connectivity index (χ0) is 25.3. The van der Waals surface area contributed by atoms with E-state index in [1.165, 1.54) is 21.3 Å². The van der Waals surface area contributed by atoms with Gasteiger partial charge in [0.1, 0.15) is 0 Å². The van der Waals surface area contributed by atoms with E-state index < -0.39 is 18.0 Å². The largest absolute Gasteiger partial charge is 0.493 e. The van der Waals surface area contributed by atoms with Crippen molar-refractivity contribution >= 4 is 17.7 Å². The molecule has 4 unspecified atom stereocenters. The van der Waals surface area contributed by atoms with Crippen molar-refractivity contribution in [3.05, 3.63) is 41.5 Å². The Kier molecular flexibility index (Phi) is 7.28. The molecule has 2 aromatic carbocycles. The first-order valence-electron chi connectivity index (χ1n) is 11.4. The summed E-state index contributed by atoms with van der Waals surface area (Å²) in [7, 11) is 4.53. The SMILES string of the molecule is COc1cc(C(O)C2C(=O)OCC2C(SC(C)(C)C)c2ccc3c(c2)OCO3)cc(OC)c1OC. The molecule has 0 amide bonds. The molecule has 8 nitrogen and oxygen atoms in total. The number of aliphatic hydroxyl groups is 1. The summed E-state index contributed by atoms with van der Waals surface area (Å²) in [6.45, 7) is 6.76. The molecular formula is C26H32O8S. The Morgan fingerprint density at radius 2 is 1.60 bits per heavy atom. The fourth-order valence-electron chi connectivity index (χ4n) is 4.54. The van der Waals surface area contributed by atoms with Crippen molar-refractivity contribution in [1.29, 1.82) is 0 Å². The van der Waals surface area contributed by atoms with Gasteiger partial charge < -0.3 is 33.5 Å². The zero-order valence-electron chi connectivity index (χ0n) is 20.8. The van der Waals surface area contributed by atoms with Gasteiger partial charge in [-0.1, -0.05) is 26.8 Å². The fraction of sp³-hybridized carbons (Fsp3) is 0.500. The summed E-state index contributed by atoms with van der Waals surface area (Å²) in [6.07, 6.45) is -1.14. The molecule has 2 aliphatic heterocycles. The Labute approximate surface area is 209 Å². The predicted octanol–water partition coefficient (Wildman–Crippen LogP) is 4.54. The van der Waals surface area contributed by atoms with Crippen LogP contribution in [0.4, 0.5) is 0 Å². The van der Waals surface area contributed by atoms with Crippen LogP contribution in [-0.2, 0) is 9.53 Å². The van der Waals surface area contributed by atoms with Gasteiger partial charge in [0, 0.05) is 15.9 Å². The Morgan fingerprint density at radius 3 is 2.20 bits per heavy atom. The highest BCUT2D eigenvalue weighted by molar-refractivity contribution is 8.00. The van der Waals surface area contributed by atoms with Gasteiger partial charge in [0.05, 0.1) is 40.0 Å². The molecule has 0 bridgehead atoms. The second-order valence-electron chi connectivity index (χ2n) is 9.49. The third kappa shape index (κ3) is 5.11. The van der Waals surface area contributed by atoms with E-state index in [1.54, 1.807) is 23.9 Å². The average Bonchev–Trinajstić information content (AvgIpc) is 3.46. The number of hydrogen-bond donors (Lipinski definition) is 1. The molecule has 1 fully saturated rings. The highest BCUT2D eigenvalue weighted by Gasteiger charge is 2.48. The van der Waals surface area contributed by atoms with Crippen molar-refractivity contribution in [2.75, 3.05) is 34.7 Å². The molecule has 1 saturated heterocycles. The first-order chi connectivity index (χ1) is 16.7. The summed E-state index contributed by atoms with van der Waals surface area (Å²) in [5, 5.41) is 11.4. The van der Waals surface area contributed by atoms with Crippen molar-refractivity contribution in [3.63, 3.8) is 0 Å². The molecule has 0 saturated carbocycles. The number of hydrogen-bond acceptors (Lipinski definition) is 9. The van der Waals surface area contributed by atoms with Crippen LogP contribution in [-0.4, -0.2) is 50.6 Å². The molecule has 9 heteroatoms. The van der Waals surface area contributed by atoms with Gasteiger partial charge in [0.15, 0.2) is 23.0 Å². The predicted molar refractivity (Wildman–Crippen MR) is 132 cm³/mol. The second-order valence-corrected chi connectivity index (χ2v) is 11.5. The molecule has 1 N–H and O–H groups in total. The van der Waals surface area contributed by atoms with E-state index in [9.17, 15) is 9.90 Å². The van der Waals surface area contributed by atoms with Gasteiger partial charge in [0.2, 0.25) is 12.5 Å². The van der Waals surface area contributed by atoms with Crippen molar-refractivity contribution in [2.24, 2.45) is 11.8 Å². The molecule has 190 valence electrons. The van der Waals surface area contributed by atoms with Crippen molar-refractivity contribution in [3.8, 4) is 28.7 Å². The third-order valence-corrected chi connectivity index (χ3v) is 7.70. The number of carbonyl (C=O) groups is 1. The van der Waals surface area contributed by atoms with Crippen LogP contribution in [0.25, 0.3) is 0 Å². The molecule has 0 spiro atoms. The van der Waals surface area contributed by atoms with E-state index in [-0.39, 0.29) is 29.3 Å². The zero-order valence-corrected chi connectivity index (χ0v) is 21.6. The normalized spacial score (nSPS) is 20.8. The number of benzene rings is 2. The molecule has 2 aromatic rings. The lowest BCUT2D eigenvalue weighted by Crippen LogP contribution is -2.29. The summed E-state index contributed by atoms with van der Waals surface area (Å²) in [6, 6.07) is 9.17. The van der Waals surface area contributed by atoms with Gasteiger partial charge in [-0.2, -0.15) is 0 Å². The van der Waals surface area contributed by atoms with E-state index in [4.69, 9.17) is 28.4 Å². The highest BCUT2D eigenvalue weighted by Crippen LogP contribution is 2.52. The third-order valence-electron chi connectivity index (χ3n) is 6.11. The topological polar surface area (TPSA) is 92.7 Å². The second kappa shape index (κ2) is 10.1. The first-order valence-corrected chi connectivity index (χ1v) is 12.3. The van der Waals surface area contributed by atoms with Crippen LogP contribution in [0, 0.1) is 11.8 Å². The molecule has 4 rings (SSSR count). The van der Waals surface area contributed by atoms with Crippen LogP contribution in [0.3, 0.4) is 0 Å². The summed E-state index contributed by atoms with van der Waals surface area (Å²) >= 11 is 1.73. The van der Waals surface area contributed by atoms with E-state index in [0.29, 0.717) is 34.3 Å².